The molecule has 8 nitrogen and oxygen atoms in total. The van der Waals surface area contributed by atoms with Gasteiger partial charge in [-0.15, -0.1) is 0 Å². The minimum absolute atomic E-state index is 0.0568. The maximum Gasteiger partial charge on any atom is 0.269 e. The van der Waals surface area contributed by atoms with Gasteiger partial charge in [-0.3, -0.25) is 30.6 Å². The van der Waals surface area contributed by atoms with E-state index in [0.29, 0.717) is 35.6 Å². The monoisotopic (exact) mass is 498 g/mol. The standard InChI is InChI=1S/C26H34N4O4S/c1-4-5-6-9-16-34-22-11-8-7-10-21(22)25(33)28-26(35)30-29-24(32)19-12-14-20(15-13-19)27-23(31)17-18(2)3/h7-8,10-15,18H,4-6,9,16-17H2,1-3H3,(H,27,31)(H,29,32)(H2,28,30,33,35). The first-order valence-electron chi connectivity index (χ1n) is 11.8. The van der Waals surface area contributed by atoms with Gasteiger partial charge in [-0.05, 0) is 61.0 Å². The fraction of sp³-hybridized carbons (Fsp3) is 0.385. The highest BCUT2D eigenvalue weighted by Crippen LogP contribution is 2.18. The molecule has 0 radical (unpaired) electrons. The van der Waals surface area contributed by atoms with Gasteiger partial charge in [0.1, 0.15) is 5.75 Å². The molecule has 35 heavy (non-hydrogen) atoms. The first kappa shape index (κ1) is 27.8. The zero-order valence-electron chi connectivity index (χ0n) is 20.5. The molecule has 188 valence electrons. The Balaban J connectivity index is 1.83. The number of nitrogens with one attached hydrogen (secondary N) is 4. The number of carbonyl (C=O) groups is 3. The number of thiocarbonyl (C=S) groups is 1. The van der Waals surface area contributed by atoms with E-state index in [2.05, 4.69) is 28.4 Å². The summed E-state index contributed by atoms with van der Waals surface area (Å²) in [5, 5.41) is 5.27. The Morgan fingerprint density at radius 1 is 0.914 bits per heavy atom. The first-order chi connectivity index (χ1) is 16.8. The van der Waals surface area contributed by atoms with Gasteiger partial charge in [-0.25, -0.2) is 0 Å². The van der Waals surface area contributed by atoms with Gasteiger partial charge in [0.25, 0.3) is 11.8 Å². The van der Waals surface area contributed by atoms with Crippen molar-refractivity contribution in [3.8, 4) is 5.75 Å². The van der Waals surface area contributed by atoms with Crippen molar-refractivity contribution < 1.29 is 19.1 Å². The molecular weight excluding hydrogens is 464 g/mol. The Bertz CT molecular complexity index is 1010. The highest BCUT2D eigenvalue weighted by molar-refractivity contribution is 7.80. The van der Waals surface area contributed by atoms with E-state index in [-0.39, 0.29) is 16.9 Å². The fourth-order valence-electron chi connectivity index (χ4n) is 3.17. The maximum atomic E-state index is 12.7. The van der Waals surface area contributed by atoms with Crippen molar-refractivity contribution in [1.82, 2.24) is 16.2 Å². The Labute approximate surface area is 212 Å². The predicted octanol–water partition coefficient (Wildman–Crippen LogP) is 4.58. The molecule has 2 aromatic rings. The van der Waals surface area contributed by atoms with Crippen LogP contribution in [0.1, 0.15) is 73.6 Å². The summed E-state index contributed by atoms with van der Waals surface area (Å²) >= 11 is 5.13. The summed E-state index contributed by atoms with van der Waals surface area (Å²) in [5.41, 5.74) is 6.29. The molecule has 2 aromatic carbocycles. The Morgan fingerprint density at radius 2 is 1.63 bits per heavy atom. The number of benzene rings is 2. The number of carbonyl (C=O) groups excluding carboxylic acids is 3. The molecule has 0 aliphatic heterocycles. The highest BCUT2D eigenvalue weighted by Gasteiger charge is 2.14. The summed E-state index contributed by atoms with van der Waals surface area (Å²) in [7, 11) is 0. The SMILES string of the molecule is CCCCCCOc1ccccc1C(=O)NC(=S)NNC(=O)c1ccc(NC(=O)CC(C)C)cc1. The van der Waals surface area contributed by atoms with Crippen LogP contribution in [-0.4, -0.2) is 29.4 Å². The molecule has 0 unspecified atom stereocenters. The molecule has 0 aromatic heterocycles. The van der Waals surface area contributed by atoms with Crippen molar-refractivity contribution in [2.75, 3.05) is 11.9 Å². The van der Waals surface area contributed by atoms with Crippen molar-refractivity contribution in [1.29, 1.82) is 0 Å². The minimum Gasteiger partial charge on any atom is -0.493 e. The van der Waals surface area contributed by atoms with Crippen molar-refractivity contribution in [3.63, 3.8) is 0 Å². The molecule has 0 aliphatic rings. The van der Waals surface area contributed by atoms with Crippen molar-refractivity contribution in [2.24, 2.45) is 5.92 Å². The van der Waals surface area contributed by atoms with Crippen LogP contribution in [0.5, 0.6) is 5.75 Å². The lowest BCUT2D eigenvalue weighted by atomic mass is 10.1. The van der Waals surface area contributed by atoms with Crippen LogP contribution in [0.2, 0.25) is 0 Å². The second-order valence-electron chi connectivity index (χ2n) is 8.49. The molecular formula is C26H34N4O4S. The number of para-hydroxylation sites is 1. The molecule has 4 N–H and O–H groups in total. The van der Waals surface area contributed by atoms with Crippen molar-refractivity contribution >= 4 is 40.7 Å². The van der Waals surface area contributed by atoms with Crippen LogP contribution in [0, 0.1) is 5.92 Å². The molecule has 9 heteroatoms. The third-order valence-electron chi connectivity index (χ3n) is 4.93. The van der Waals surface area contributed by atoms with Gasteiger partial charge < -0.3 is 10.1 Å². The zero-order valence-corrected chi connectivity index (χ0v) is 21.3. The molecule has 0 atom stereocenters. The van der Waals surface area contributed by atoms with Crippen LogP contribution in [0.3, 0.4) is 0 Å². The number of hydrazine groups is 1. The van der Waals surface area contributed by atoms with Gasteiger partial charge in [0.2, 0.25) is 5.91 Å². The van der Waals surface area contributed by atoms with E-state index in [9.17, 15) is 14.4 Å². The molecule has 0 spiro atoms. The first-order valence-corrected chi connectivity index (χ1v) is 12.2. The van der Waals surface area contributed by atoms with Crippen molar-refractivity contribution in [3.05, 3.63) is 59.7 Å². The van der Waals surface area contributed by atoms with E-state index in [1.807, 2.05) is 13.8 Å². The van der Waals surface area contributed by atoms with Gasteiger partial charge >= 0.3 is 0 Å². The molecule has 0 bridgehead atoms. The largest absolute Gasteiger partial charge is 0.493 e. The van der Waals surface area contributed by atoms with Crippen LogP contribution >= 0.6 is 12.2 Å². The summed E-state index contributed by atoms with van der Waals surface area (Å²) in [6, 6.07) is 13.4. The lowest BCUT2D eigenvalue weighted by Crippen LogP contribution is -2.48. The summed E-state index contributed by atoms with van der Waals surface area (Å²) in [6.07, 6.45) is 4.71. The summed E-state index contributed by atoms with van der Waals surface area (Å²) < 4.78 is 5.77. The van der Waals surface area contributed by atoms with E-state index in [4.69, 9.17) is 17.0 Å². The molecule has 0 fully saturated rings. The van der Waals surface area contributed by atoms with Gasteiger partial charge in [0.05, 0.1) is 12.2 Å². The minimum atomic E-state index is -0.447. The third kappa shape index (κ3) is 10.1. The zero-order chi connectivity index (χ0) is 25.6. The maximum absolute atomic E-state index is 12.7. The predicted molar refractivity (Wildman–Crippen MR) is 141 cm³/mol. The smallest absolute Gasteiger partial charge is 0.269 e. The van der Waals surface area contributed by atoms with E-state index < -0.39 is 11.8 Å². The number of hydrogen-bond acceptors (Lipinski definition) is 5. The summed E-state index contributed by atoms with van der Waals surface area (Å²) in [6.45, 7) is 6.61. The van der Waals surface area contributed by atoms with E-state index in [1.165, 1.54) is 0 Å². The molecule has 3 amide bonds. The second-order valence-corrected chi connectivity index (χ2v) is 8.90. The van der Waals surface area contributed by atoms with Crippen LogP contribution in [0.15, 0.2) is 48.5 Å². The highest BCUT2D eigenvalue weighted by atomic mass is 32.1. The van der Waals surface area contributed by atoms with Crippen LogP contribution in [0.4, 0.5) is 5.69 Å². The fourth-order valence-corrected chi connectivity index (χ4v) is 3.31. The average molecular weight is 499 g/mol. The lowest BCUT2D eigenvalue weighted by molar-refractivity contribution is -0.116. The Kier molecular flexibility index (Phi) is 11.7. The number of ether oxygens (including phenoxy) is 1. The van der Waals surface area contributed by atoms with Crippen LogP contribution < -0.4 is 26.2 Å². The molecule has 2 rings (SSSR count). The number of amides is 3. The number of rotatable bonds is 11. The quantitative estimate of drug-likeness (QED) is 0.205. The van der Waals surface area contributed by atoms with Crippen LogP contribution in [-0.2, 0) is 4.79 Å². The number of hydrogen-bond donors (Lipinski definition) is 4. The van der Waals surface area contributed by atoms with E-state index in [1.54, 1.807) is 48.5 Å². The van der Waals surface area contributed by atoms with Gasteiger partial charge in [0, 0.05) is 17.7 Å². The number of unbranched alkanes of at least 4 members (excludes halogenated alkanes) is 3. The molecule has 0 saturated carbocycles. The molecule has 0 heterocycles. The summed E-state index contributed by atoms with van der Waals surface area (Å²) in [4.78, 5) is 36.9. The van der Waals surface area contributed by atoms with E-state index >= 15 is 0 Å². The molecule has 0 aliphatic carbocycles. The molecule has 0 saturated heterocycles. The van der Waals surface area contributed by atoms with Gasteiger partial charge in [-0.1, -0.05) is 52.2 Å². The Hall–Kier alpha value is -3.46. The van der Waals surface area contributed by atoms with Gasteiger partial charge in [-0.2, -0.15) is 0 Å². The van der Waals surface area contributed by atoms with Crippen molar-refractivity contribution in [2.45, 2.75) is 52.9 Å². The second kappa shape index (κ2) is 14.7. The summed E-state index contributed by atoms with van der Waals surface area (Å²) in [5.74, 6) is -0.232. The Morgan fingerprint density at radius 3 is 2.31 bits per heavy atom. The lowest BCUT2D eigenvalue weighted by Gasteiger charge is -2.13. The topological polar surface area (TPSA) is 109 Å². The number of anilines is 1. The average Bonchev–Trinajstić information content (AvgIpc) is 2.82. The van der Waals surface area contributed by atoms with Gasteiger partial charge in [0.15, 0.2) is 5.11 Å². The third-order valence-corrected chi connectivity index (χ3v) is 5.13. The normalized spacial score (nSPS) is 10.4. The van der Waals surface area contributed by atoms with E-state index in [0.717, 1.165) is 25.7 Å². The van der Waals surface area contributed by atoms with Crippen LogP contribution in [0.25, 0.3) is 0 Å².